The number of carbonyl (C=O) groups is 1. The molecule has 3 aromatic carbocycles. The lowest BCUT2D eigenvalue weighted by molar-refractivity contribution is -0.394. The lowest BCUT2D eigenvalue weighted by Gasteiger charge is -2.07. The van der Waals surface area contributed by atoms with Gasteiger partial charge in [-0.25, -0.2) is 0 Å². The van der Waals surface area contributed by atoms with Crippen molar-refractivity contribution in [2.75, 3.05) is 0 Å². The number of nitrogens with zero attached hydrogens (tertiary/aromatic N) is 4. The molecule has 0 unspecified atom stereocenters. The second kappa shape index (κ2) is 8.97. The zero-order chi connectivity index (χ0) is 23.5. The van der Waals surface area contributed by atoms with Crippen LogP contribution >= 0.6 is 11.3 Å². The van der Waals surface area contributed by atoms with E-state index in [1.54, 1.807) is 11.6 Å². The quantitative estimate of drug-likeness (QED) is 0.307. The van der Waals surface area contributed by atoms with Gasteiger partial charge in [0.15, 0.2) is 4.80 Å². The van der Waals surface area contributed by atoms with Crippen molar-refractivity contribution < 1.29 is 14.6 Å². The Balaban J connectivity index is 1.89. The van der Waals surface area contributed by atoms with Gasteiger partial charge in [0.1, 0.15) is 0 Å². The maximum absolute atomic E-state index is 12.9. The van der Waals surface area contributed by atoms with Crippen molar-refractivity contribution >= 4 is 28.6 Å². The molecule has 0 aliphatic rings. The first-order valence-corrected chi connectivity index (χ1v) is 10.5. The van der Waals surface area contributed by atoms with Gasteiger partial charge in [-0.05, 0) is 11.1 Å². The SMILES string of the molecule is Cn1c(-c2ccccc2)c(-c2ccccc2)sc1=NC(=O)c1cc([N+](=O)[O-])cc([N+](=O)[O-])c1. The molecule has 0 aliphatic heterocycles. The van der Waals surface area contributed by atoms with Crippen LogP contribution in [0, 0.1) is 20.2 Å². The fourth-order valence-corrected chi connectivity index (χ4v) is 4.49. The van der Waals surface area contributed by atoms with E-state index < -0.39 is 27.1 Å². The van der Waals surface area contributed by atoms with E-state index in [1.165, 1.54) is 11.3 Å². The van der Waals surface area contributed by atoms with Crippen LogP contribution in [-0.2, 0) is 7.05 Å². The summed E-state index contributed by atoms with van der Waals surface area (Å²) in [4.78, 5) is 39.1. The highest BCUT2D eigenvalue weighted by molar-refractivity contribution is 7.13. The van der Waals surface area contributed by atoms with Crippen LogP contribution in [0.5, 0.6) is 0 Å². The average Bonchev–Trinajstić information content (AvgIpc) is 3.15. The van der Waals surface area contributed by atoms with Gasteiger partial charge in [0.05, 0.1) is 32.0 Å². The second-order valence-corrected chi connectivity index (χ2v) is 8.00. The third-order valence-electron chi connectivity index (χ3n) is 4.88. The molecule has 164 valence electrons. The molecule has 0 fully saturated rings. The first-order chi connectivity index (χ1) is 15.8. The summed E-state index contributed by atoms with van der Waals surface area (Å²) in [6.45, 7) is 0. The third kappa shape index (κ3) is 4.46. The molecule has 4 aromatic rings. The molecule has 0 saturated carbocycles. The number of carbonyl (C=O) groups excluding carboxylic acids is 1. The Morgan fingerprint density at radius 3 is 1.88 bits per heavy atom. The number of rotatable bonds is 5. The summed E-state index contributed by atoms with van der Waals surface area (Å²) in [5.74, 6) is -0.808. The molecule has 0 bridgehead atoms. The van der Waals surface area contributed by atoms with E-state index in [0.29, 0.717) is 4.80 Å². The van der Waals surface area contributed by atoms with Crippen molar-refractivity contribution in [3.8, 4) is 21.7 Å². The van der Waals surface area contributed by atoms with E-state index in [1.807, 2.05) is 60.7 Å². The highest BCUT2D eigenvalue weighted by Crippen LogP contribution is 2.34. The van der Waals surface area contributed by atoms with Crippen molar-refractivity contribution in [1.29, 1.82) is 0 Å². The summed E-state index contributed by atoms with van der Waals surface area (Å²) in [6.07, 6.45) is 0. The van der Waals surface area contributed by atoms with E-state index >= 15 is 0 Å². The number of benzene rings is 3. The lowest BCUT2D eigenvalue weighted by atomic mass is 10.1. The molecule has 1 heterocycles. The smallest absolute Gasteiger partial charge is 0.280 e. The molecule has 10 heteroatoms. The Hall–Kier alpha value is -4.44. The van der Waals surface area contributed by atoms with Crippen LogP contribution in [-0.4, -0.2) is 20.3 Å². The number of nitro benzene ring substituents is 2. The predicted molar refractivity (Wildman–Crippen MR) is 124 cm³/mol. The molecule has 0 radical (unpaired) electrons. The fourth-order valence-electron chi connectivity index (χ4n) is 3.34. The average molecular weight is 460 g/mol. The maximum Gasteiger partial charge on any atom is 0.280 e. The Morgan fingerprint density at radius 1 is 0.848 bits per heavy atom. The topological polar surface area (TPSA) is 121 Å². The van der Waals surface area contributed by atoms with Gasteiger partial charge in [-0.1, -0.05) is 72.0 Å². The van der Waals surface area contributed by atoms with Crippen molar-refractivity contribution in [2.24, 2.45) is 12.0 Å². The van der Waals surface area contributed by atoms with Crippen LogP contribution in [0.3, 0.4) is 0 Å². The summed E-state index contributed by atoms with van der Waals surface area (Å²) in [5.41, 5.74) is 1.39. The van der Waals surface area contributed by atoms with Gasteiger partial charge in [-0.2, -0.15) is 4.99 Å². The molecule has 33 heavy (non-hydrogen) atoms. The predicted octanol–water partition coefficient (Wildman–Crippen LogP) is 4.98. The zero-order valence-electron chi connectivity index (χ0n) is 17.2. The zero-order valence-corrected chi connectivity index (χ0v) is 18.1. The molecule has 1 aromatic heterocycles. The minimum atomic E-state index is -0.808. The minimum absolute atomic E-state index is 0.230. The van der Waals surface area contributed by atoms with Gasteiger partial charge < -0.3 is 4.57 Å². The number of thiazole rings is 1. The third-order valence-corrected chi connectivity index (χ3v) is 6.06. The largest absolute Gasteiger partial charge is 0.319 e. The van der Waals surface area contributed by atoms with Crippen LogP contribution in [0.25, 0.3) is 21.7 Å². The van der Waals surface area contributed by atoms with Crippen LogP contribution < -0.4 is 4.80 Å². The van der Waals surface area contributed by atoms with Crippen LogP contribution in [0.4, 0.5) is 11.4 Å². The molecule has 0 spiro atoms. The maximum atomic E-state index is 12.9. The first kappa shape index (κ1) is 21.8. The van der Waals surface area contributed by atoms with Crippen LogP contribution in [0.1, 0.15) is 10.4 Å². The molecule has 4 rings (SSSR count). The molecule has 0 aliphatic carbocycles. The first-order valence-electron chi connectivity index (χ1n) is 9.68. The van der Waals surface area contributed by atoms with Gasteiger partial charge in [0.25, 0.3) is 17.3 Å². The number of hydrogen-bond acceptors (Lipinski definition) is 6. The molecule has 9 nitrogen and oxygen atoms in total. The van der Waals surface area contributed by atoms with E-state index in [9.17, 15) is 25.0 Å². The Kier molecular flexibility index (Phi) is 5.92. The number of nitro groups is 2. The van der Waals surface area contributed by atoms with Crippen molar-refractivity contribution in [3.63, 3.8) is 0 Å². The van der Waals surface area contributed by atoms with Crippen molar-refractivity contribution in [1.82, 2.24) is 4.57 Å². The molecule has 0 saturated heterocycles. The molecule has 0 atom stereocenters. The van der Waals surface area contributed by atoms with E-state index in [2.05, 4.69) is 4.99 Å². The standard InChI is InChI=1S/C23H16N4O5S/c1-25-20(15-8-4-2-5-9-15)21(16-10-6-3-7-11-16)33-23(25)24-22(28)17-12-18(26(29)30)14-19(13-17)27(31)32/h2-14H,1H3. The number of amides is 1. The highest BCUT2D eigenvalue weighted by Gasteiger charge is 2.21. The Labute approximate surface area is 191 Å². The molecular formula is C23H16N4O5S. The van der Waals surface area contributed by atoms with Crippen molar-refractivity contribution in [3.05, 3.63) is 109 Å². The number of non-ortho nitro benzene ring substituents is 2. The second-order valence-electron chi connectivity index (χ2n) is 7.02. The van der Waals surface area contributed by atoms with E-state index in [-0.39, 0.29) is 5.56 Å². The van der Waals surface area contributed by atoms with E-state index in [0.717, 1.165) is 39.9 Å². The van der Waals surface area contributed by atoms with Crippen LogP contribution in [0.15, 0.2) is 83.9 Å². The summed E-state index contributed by atoms with van der Waals surface area (Å²) in [7, 11) is 1.77. The van der Waals surface area contributed by atoms with Gasteiger partial charge in [-0.3, -0.25) is 25.0 Å². The highest BCUT2D eigenvalue weighted by atomic mass is 32.1. The van der Waals surface area contributed by atoms with Gasteiger partial charge in [-0.15, -0.1) is 0 Å². The minimum Gasteiger partial charge on any atom is -0.319 e. The number of hydrogen-bond donors (Lipinski definition) is 0. The summed E-state index contributed by atoms with van der Waals surface area (Å²) in [5, 5.41) is 22.3. The lowest BCUT2D eigenvalue weighted by Crippen LogP contribution is -2.14. The fraction of sp³-hybridized carbons (Fsp3) is 0.0435. The monoisotopic (exact) mass is 460 g/mol. The van der Waals surface area contributed by atoms with E-state index in [4.69, 9.17) is 0 Å². The molecule has 1 amide bonds. The summed E-state index contributed by atoms with van der Waals surface area (Å²) < 4.78 is 1.77. The van der Waals surface area contributed by atoms with Gasteiger partial charge in [0, 0.05) is 19.2 Å². The number of aromatic nitrogens is 1. The van der Waals surface area contributed by atoms with Crippen LogP contribution in [0.2, 0.25) is 0 Å². The molecular weight excluding hydrogens is 444 g/mol. The normalized spacial score (nSPS) is 11.4. The van der Waals surface area contributed by atoms with Crippen molar-refractivity contribution in [2.45, 2.75) is 0 Å². The molecule has 0 N–H and O–H groups in total. The Morgan fingerprint density at radius 2 is 1.36 bits per heavy atom. The van der Waals surface area contributed by atoms with Gasteiger partial charge >= 0.3 is 0 Å². The summed E-state index contributed by atoms with van der Waals surface area (Å²) in [6, 6.07) is 22.0. The Bertz CT molecular complexity index is 1410. The summed E-state index contributed by atoms with van der Waals surface area (Å²) >= 11 is 1.29. The van der Waals surface area contributed by atoms with Gasteiger partial charge in [0.2, 0.25) is 0 Å².